The lowest BCUT2D eigenvalue weighted by molar-refractivity contribution is -0.118. The quantitative estimate of drug-likeness (QED) is 0.146. The molecule has 0 fully saturated rings. The molecule has 36 heavy (non-hydrogen) atoms. The zero-order chi connectivity index (χ0) is 26.1. The number of nitrogens with one attached hydrogen (secondary N) is 1. The Balaban J connectivity index is 1.28. The van der Waals surface area contributed by atoms with Crippen LogP contribution in [0.2, 0.25) is 0 Å². The fourth-order valence-electron chi connectivity index (χ4n) is 3.41. The van der Waals surface area contributed by atoms with E-state index in [2.05, 4.69) is 36.1 Å². The molecule has 0 saturated heterocycles. The Morgan fingerprint density at radius 2 is 1.86 bits per heavy atom. The van der Waals surface area contributed by atoms with Gasteiger partial charge in [0, 0.05) is 30.4 Å². The summed E-state index contributed by atoms with van der Waals surface area (Å²) < 4.78 is 19.9. The minimum atomic E-state index is -0.403. The molecule has 3 aromatic rings. The topological polar surface area (TPSA) is 111 Å². The van der Waals surface area contributed by atoms with Crippen molar-refractivity contribution < 1.29 is 18.4 Å². The van der Waals surface area contributed by atoms with Crippen LogP contribution in [0.3, 0.4) is 0 Å². The van der Waals surface area contributed by atoms with Gasteiger partial charge in [0.05, 0.1) is 22.4 Å². The molecule has 0 aliphatic rings. The number of thioether (sulfide) groups is 1. The van der Waals surface area contributed by atoms with E-state index in [1.165, 1.54) is 23.5 Å². The highest BCUT2D eigenvalue weighted by atomic mass is 32.2. The lowest BCUT2D eigenvalue weighted by atomic mass is 9.94. The highest BCUT2D eigenvalue weighted by Gasteiger charge is 2.19. The number of aromatic nitrogens is 2. The van der Waals surface area contributed by atoms with Gasteiger partial charge < -0.3 is 15.5 Å². The highest BCUT2D eigenvalue weighted by Crippen LogP contribution is 2.32. The molecule has 0 aliphatic heterocycles. The summed E-state index contributed by atoms with van der Waals surface area (Å²) in [5, 5.41) is 3.43. The Kier molecular flexibility index (Phi) is 10.1. The second kappa shape index (κ2) is 13.0. The monoisotopic (exact) mass is 532 g/mol. The van der Waals surface area contributed by atoms with Crippen LogP contribution in [-0.4, -0.2) is 21.7 Å². The van der Waals surface area contributed by atoms with Crippen molar-refractivity contribution in [3.63, 3.8) is 0 Å². The van der Waals surface area contributed by atoms with Crippen molar-refractivity contribution in [2.75, 3.05) is 11.1 Å². The number of nitrogen functional groups attached to an aromatic ring is 1. The summed E-state index contributed by atoms with van der Waals surface area (Å²) in [6.07, 6.45) is 7.85. The van der Waals surface area contributed by atoms with Gasteiger partial charge in [0.2, 0.25) is 11.8 Å². The van der Waals surface area contributed by atoms with Gasteiger partial charge in [0.1, 0.15) is 17.4 Å². The van der Waals surface area contributed by atoms with E-state index in [0.717, 1.165) is 35.7 Å². The van der Waals surface area contributed by atoms with Crippen LogP contribution in [0.5, 0.6) is 0 Å². The van der Waals surface area contributed by atoms with Crippen molar-refractivity contribution in [3.8, 4) is 0 Å². The average Bonchev–Trinajstić information content (AvgIpc) is 3.46. The number of anilines is 2. The Hall–Kier alpha value is -2.72. The summed E-state index contributed by atoms with van der Waals surface area (Å²) in [7, 11) is 0. The first kappa shape index (κ1) is 27.9. The molecule has 0 atom stereocenters. The minimum absolute atomic E-state index is 0.0636. The molecule has 1 amide bonds. The first-order valence-electron chi connectivity index (χ1n) is 12.0. The number of rotatable bonds is 13. The number of nitrogens with zero attached hydrogens (tertiary/aromatic N) is 2. The molecule has 2 heterocycles. The van der Waals surface area contributed by atoms with Crippen LogP contribution < -0.4 is 11.1 Å². The third kappa shape index (κ3) is 9.05. The number of thiazole rings is 1. The Labute approximate surface area is 219 Å². The summed E-state index contributed by atoms with van der Waals surface area (Å²) in [6.45, 7) is 6.25. The number of hydrogen-bond acceptors (Lipinski definition) is 8. The highest BCUT2D eigenvalue weighted by molar-refractivity contribution is 8.00. The van der Waals surface area contributed by atoms with Gasteiger partial charge in [0.25, 0.3) is 0 Å². The second-order valence-corrected chi connectivity index (χ2v) is 12.0. The van der Waals surface area contributed by atoms with Crippen LogP contribution in [0, 0.1) is 5.82 Å². The molecule has 7 nitrogen and oxygen atoms in total. The molecule has 2 aromatic heterocycles. The molecule has 0 bridgehead atoms. The Morgan fingerprint density at radius 3 is 2.56 bits per heavy atom. The van der Waals surface area contributed by atoms with Crippen LogP contribution >= 0.6 is 23.1 Å². The number of carbonyl (C=O) groups excluding carboxylic acids is 2. The predicted molar refractivity (Wildman–Crippen MR) is 143 cm³/mol. The summed E-state index contributed by atoms with van der Waals surface area (Å²) in [5.41, 5.74) is 6.66. The van der Waals surface area contributed by atoms with Crippen molar-refractivity contribution in [1.82, 2.24) is 9.97 Å². The molecule has 1 aromatic carbocycles. The zero-order valence-electron chi connectivity index (χ0n) is 20.9. The maximum atomic E-state index is 13.1. The number of oxazole rings is 1. The molecule has 0 spiro atoms. The van der Waals surface area contributed by atoms with Gasteiger partial charge in [-0.05, 0) is 30.5 Å². The molecule has 0 unspecified atom stereocenters. The fourth-order valence-corrected chi connectivity index (χ4v) is 5.15. The zero-order valence-corrected chi connectivity index (χ0v) is 22.6. The molecule has 194 valence electrons. The van der Waals surface area contributed by atoms with E-state index in [4.69, 9.17) is 10.2 Å². The van der Waals surface area contributed by atoms with Gasteiger partial charge in [-0.25, -0.2) is 14.4 Å². The largest absolute Gasteiger partial charge is 0.444 e. The van der Waals surface area contributed by atoms with E-state index >= 15 is 0 Å². The second-order valence-electron chi connectivity index (χ2n) is 9.66. The van der Waals surface area contributed by atoms with E-state index in [-0.39, 0.29) is 23.5 Å². The number of hydrogen-bond donors (Lipinski definition) is 2. The summed E-state index contributed by atoms with van der Waals surface area (Å²) >= 11 is 3.00. The van der Waals surface area contributed by atoms with Crippen molar-refractivity contribution in [3.05, 3.63) is 53.6 Å². The molecule has 3 rings (SSSR count). The van der Waals surface area contributed by atoms with Gasteiger partial charge in [-0.2, -0.15) is 0 Å². The first-order valence-corrected chi connectivity index (χ1v) is 13.8. The van der Waals surface area contributed by atoms with Gasteiger partial charge >= 0.3 is 0 Å². The normalized spacial score (nSPS) is 11.6. The fraction of sp³-hybridized carbons (Fsp3) is 0.462. The third-order valence-electron chi connectivity index (χ3n) is 5.47. The standard InChI is InChI=1S/C26H33FN4O3S2/c1-26(2,3)21-14-29-23(34-21)16-35-24-15-30-25(36-24)31-22(33)9-7-5-4-6-8-19(32)12-17-10-11-18(27)13-20(17)28/h10-11,13-15H,4-9,12,16,28H2,1-3H3,(H,30,31,33). The Bertz CT molecular complexity index is 1170. The molecule has 3 N–H and O–H groups in total. The minimum Gasteiger partial charge on any atom is -0.444 e. The van der Waals surface area contributed by atoms with E-state index in [1.54, 1.807) is 30.2 Å². The van der Waals surface area contributed by atoms with Gasteiger partial charge in [-0.15, -0.1) is 11.8 Å². The predicted octanol–water partition coefficient (Wildman–Crippen LogP) is 6.53. The van der Waals surface area contributed by atoms with Gasteiger partial charge in [-0.3, -0.25) is 9.59 Å². The molecular formula is C26H33FN4O3S2. The van der Waals surface area contributed by atoms with Crippen LogP contribution in [0.4, 0.5) is 15.2 Å². The lowest BCUT2D eigenvalue weighted by Crippen LogP contribution is -2.10. The number of halogens is 1. The maximum Gasteiger partial charge on any atom is 0.226 e. The van der Waals surface area contributed by atoms with Crippen molar-refractivity contribution in [2.24, 2.45) is 0 Å². The van der Waals surface area contributed by atoms with Gasteiger partial charge in [-0.1, -0.05) is 51.0 Å². The van der Waals surface area contributed by atoms with Crippen molar-refractivity contribution in [2.45, 2.75) is 81.1 Å². The number of nitrogens with two attached hydrogens (primary N) is 1. The van der Waals surface area contributed by atoms with E-state index in [1.807, 2.05) is 0 Å². The number of Topliss-reactive ketones (excluding diaryl/α,β-unsaturated/α-hetero) is 1. The first-order chi connectivity index (χ1) is 17.1. The molecule has 10 heteroatoms. The molecule has 0 radical (unpaired) electrons. The lowest BCUT2D eigenvalue weighted by Gasteiger charge is -2.12. The SMILES string of the molecule is CC(C)(C)c1cnc(CSc2cnc(NC(=O)CCCCCCC(=O)Cc3ccc(F)cc3N)s2)o1. The molecular weight excluding hydrogens is 499 g/mol. The van der Waals surface area contributed by atoms with Crippen molar-refractivity contribution >= 4 is 45.6 Å². The number of benzene rings is 1. The van der Waals surface area contributed by atoms with Crippen LogP contribution in [0.1, 0.15) is 76.5 Å². The van der Waals surface area contributed by atoms with Crippen molar-refractivity contribution in [1.29, 1.82) is 0 Å². The number of amides is 1. The van der Waals surface area contributed by atoms with E-state index in [0.29, 0.717) is 40.9 Å². The number of ketones is 1. The van der Waals surface area contributed by atoms with Crippen LogP contribution in [-0.2, 0) is 27.2 Å². The Morgan fingerprint density at radius 1 is 1.11 bits per heavy atom. The average molecular weight is 533 g/mol. The van der Waals surface area contributed by atoms with Gasteiger partial charge in [0.15, 0.2) is 5.13 Å². The summed E-state index contributed by atoms with van der Waals surface area (Å²) in [4.78, 5) is 33.0. The van der Waals surface area contributed by atoms with Crippen LogP contribution in [0.15, 0.2) is 39.2 Å². The van der Waals surface area contributed by atoms with Crippen LogP contribution in [0.25, 0.3) is 0 Å². The summed E-state index contributed by atoms with van der Waals surface area (Å²) in [6, 6.07) is 4.11. The maximum absolute atomic E-state index is 13.1. The molecule has 0 aliphatic carbocycles. The molecule has 0 saturated carbocycles. The summed E-state index contributed by atoms with van der Waals surface area (Å²) in [5.74, 6) is 1.75. The number of carbonyl (C=O) groups is 2. The van der Waals surface area contributed by atoms with E-state index < -0.39 is 5.82 Å². The van der Waals surface area contributed by atoms with E-state index in [9.17, 15) is 14.0 Å². The smallest absolute Gasteiger partial charge is 0.226 e. The third-order valence-corrected chi connectivity index (χ3v) is 7.56. The number of unbranched alkanes of at least 4 members (excludes halogenated alkanes) is 3.